The highest BCUT2D eigenvalue weighted by atomic mass is 31.2. The van der Waals surface area contributed by atoms with Crippen LogP contribution in [0.25, 0.3) is 0 Å². The monoisotopic (exact) mass is 667 g/mol. The van der Waals surface area contributed by atoms with Crippen LogP contribution in [0.3, 0.4) is 0 Å². The van der Waals surface area contributed by atoms with Gasteiger partial charge in [-0.05, 0) is 75.2 Å². The number of carbonyl (C=O) groups is 3. The molecule has 1 fully saturated rings. The molecule has 258 valence electrons. The van der Waals surface area contributed by atoms with Crippen molar-refractivity contribution in [3.8, 4) is 0 Å². The van der Waals surface area contributed by atoms with Crippen molar-refractivity contribution >= 4 is 39.0 Å². The average Bonchev–Trinajstić information content (AvgIpc) is 3.35. The van der Waals surface area contributed by atoms with Gasteiger partial charge in [0.15, 0.2) is 14.8 Å². The second-order valence-corrected chi connectivity index (χ2v) is 20.7. The molecule has 1 aromatic heterocycles. The maximum atomic E-state index is 14.5. The summed E-state index contributed by atoms with van der Waals surface area (Å²) in [6.45, 7) is 18.1. The number of hydrogen-bond acceptors (Lipinski definition) is 6. The lowest BCUT2D eigenvalue weighted by atomic mass is 9.65. The summed E-state index contributed by atoms with van der Waals surface area (Å²) in [5.74, 6) is -1.97. The van der Waals surface area contributed by atoms with Crippen molar-refractivity contribution in [1.82, 2.24) is 14.7 Å². The third-order valence-electron chi connectivity index (χ3n) is 9.28. The van der Waals surface area contributed by atoms with Gasteiger partial charge in [0.1, 0.15) is 11.1 Å². The van der Waals surface area contributed by atoms with E-state index in [1.54, 1.807) is 22.8 Å². The Kier molecular flexibility index (Phi) is 15.8. The Morgan fingerprint density at radius 3 is 2.07 bits per heavy atom. The number of nitrogens with zero attached hydrogens (tertiary/aromatic N) is 3. The van der Waals surface area contributed by atoms with Crippen LogP contribution in [0.15, 0.2) is 6.07 Å². The van der Waals surface area contributed by atoms with Gasteiger partial charge in [-0.2, -0.15) is 5.10 Å². The maximum Gasteiger partial charge on any atom is 0.352 e. The van der Waals surface area contributed by atoms with Gasteiger partial charge < -0.3 is 19.2 Å². The first kappa shape index (κ1) is 39.4. The third kappa shape index (κ3) is 10.1. The number of Topliss-reactive ketones (excluding diaryl/α,β-unsaturated/α-hetero) is 1. The molecule has 0 spiro atoms. The predicted molar refractivity (Wildman–Crippen MR) is 189 cm³/mol. The number of likely N-dealkylation sites (tertiary alicyclic amines) is 1. The Bertz CT molecular complexity index is 1160. The van der Waals surface area contributed by atoms with Crippen molar-refractivity contribution in [3.63, 3.8) is 0 Å². The number of aryl methyl sites for hydroxylation is 1. The maximum absolute atomic E-state index is 14.5. The number of methoxy groups -OCH3 is 1. The molecule has 11 heteroatoms. The zero-order valence-electron chi connectivity index (χ0n) is 29.9. The summed E-state index contributed by atoms with van der Waals surface area (Å²) in [5.41, 5.74) is 1.24. The van der Waals surface area contributed by atoms with Crippen LogP contribution in [-0.2, 0) is 25.3 Å². The molecule has 45 heavy (non-hydrogen) atoms. The highest BCUT2D eigenvalue weighted by Crippen LogP contribution is 2.55. The summed E-state index contributed by atoms with van der Waals surface area (Å²) in [7, 11) is 0.245. The van der Waals surface area contributed by atoms with Gasteiger partial charge in [-0.15, -0.1) is 0 Å². The predicted octanol–water partition coefficient (Wildman–Crippen LogP) is 6.53. The van der Waals surface area contributed by atoms with Gasteiger partial charge in [-0.3, -0.25) is 14.3 Å². The Morgan fingerprint density at radius 2 is 1.62 bits per heavy atom. The molecule has 2 rings (SSSR count). The largest absolute Gasteiger partial charge is 0.477 e. The Balaban J connectivity index is 2.76. The van der Waals surface area contributed by atoms with Gasteiger partial charge in [-0.1, -0.05) is 67.7 Å². The van der Waals surface area contributed by atoms with Gasteiger partial charge in [0, 0.05) is 25.8 Å². The number of unbranched alkanes of at least 4 members (excludes halogenated alkanes) is 3. The normalized spacial score (nSPS) is 17.9. The van der Waals surface area contributed by atoms with Crippen molar-refractivity contribution in [2.45, 2.75) is 119 Å². The zero-order valence-corrected chi connectivity index (χ0v) is 31.9. The number of carboxylic acid groups (broad SMARTS) is 1. The minimum atomic E-state index is -2.22. The van der Waals surface area contributed by atoms with Gasteiger partial charge in [0.2, 0.25) is 5.91 Å². The van der Waals surface area contributed by atoms with Gasteiger partial charge in [0.05, 0.1) is 25.1 Å². The van der Waals surface area contributed by atoms with E-state index in [2.05, 4.69) is 59.7 Å². The fraction of sp³-hybridized carbons (Fsp3) is 0.794. The molecule has 1 aliphatic heterocycles. The second kappa shape index (κ2) is 18.0. The third-order valence-corrected chi connectivity index (χ3v) is 15.0. The van der Waals surface area contributed by atoms with Crippen molar-refractivity contribution in [2.75, 3.05) is 38.8 Å². The molecule has 0 unspecified atom stereocenters. The fourth-order valence-electron chi connectivity index (χ4n) is 6.59. The number of aromatic nitrogens is 2. The highest BCUT2D eigenvalue weighted by molar-refractivity contribution is 7.77. The molecule has 0 aliphatic carbocycles. The van der Waals surface area contributed by atoms with Crippen LogP contribution in [0.1, 0.15) is 103 Å². The van der Waals surface area contributed by atoms with Crippen molar-refractivity contribution < 1.29 is 28.7 Å². The van der Waals surface area contributed by atoms with E-state index in [0.717, 1.165) is 62.7 Å². The average molecular weight is 668 g/mol. The number of ketones is 1. The molecule has 1 N–H and O–H groups in total. The minimum absolute atomic E-state index is 0.0366. The van der Waals surface area contributed by atoms with Crippen LogP contribution >= 0.6 is 6.89 Å². The van der Waals surface area contributed by atoms with Crippen LogP contribution in [0.4, 0.5) is 0 Å². The van der Waals surface area contributed by atoms with E-state index in [-0.39, 0.29) is 29.4 Å². The smallest absolute Gasteiger partial charge is 0.352 e. The molecule has 3 atom stereocenters. The van der Waals surface area contributed by atoms with Crippen LogP contribution in [-0.4, -0.2) is 96.8 Å². The molecule has 2 heterocycles. The molecule has 1 aliphatic rings. The Morgan fingerprint density at radius 1 is 1.07 bits per heavy atom. The summed E-state index contributed by atoms with van der Waals surface area (Å²) < 4.78 is 13.2. The van der Waals surface area contributed by atoms with Crippen LogP contribution in [0.2, 0.25) is 13.1 Å². The van der Waals surface area contributed by atoms with E-state index in [1.165, 1.54) is 0 Å². The molecule has 0 aromatic carbocycles. The first-order chi connectivity index (χ1) is 21.2. The van der Waals surface area contributed by atoms with Gasteiger partial charge >= 0.3 is 5.97 Å². The number of carboxylic acids is 1. The summed E-state index contributed by atoms with van der Waals surface area (Å²) in [6.07, 6.45) is 8.23. The summed E-state index contributed by atoms with van der Waals surface area (Å²) in [5, 5.41) is 15.6. The van der Waals surface area contributed by atoms with Crippen molar-refractivity contribution in [3.05, 3.63) is 17.5 Å². The number of β-lactam (4-membered cyclic amide) rings is 1. The molecule has 9 nitrogen and oxygen atoms in total. The molecule has 0 saturated carbocycles. The Labute approximate surface area is 274 Å². The van der Waals surface area contributed by atoms with Gasteiger partial charge in [-0.25, -0.2) is 4.79 Å². The summed E-state index contributed by atoms with van der Waals surface area (Å²) in [6, 6.07) is 1.24. The first-order valence-corrected chi connectivity index (χ1v) is 22.3. The lowest BCUT2D eigenvalue weighted by Gasteiger charge is -2.54. The van der Waals surface area contributed by atoms with E-state index >= 15 is 0 Å². The van der Waals surface area contributed by atoms with E-state index in [1.807, 2.05) is 6.92 Å². The fourth-order valence-corrected chi connectivity index (χ4v) is 12.4. The van der Waals surface area contributed by atoms with E-state index < -0.39 is 33.9 Å². The molecular weight excluding hydrogens is 605 g/mol. The number of hydrogen-bond donors (Lipinski definition) is 1. The standard InChI is InChI=1S/C34H62N3O6PSi/c1-11-14-19-44(20-15-12-2,21-16-13-3)32(33(40)41)37-28(23-29(38)27-22-25(4)36(35-27)17-18-42-8)30(31(37)39)26(34(5,6)7)24-43-45(9)10/h22,26,28,30,45H,11-21,23-24H2,1-10H3,(H,40,41)/t26-,28-,30+/m1/s1. The first-order valence-electron chi connectivity index (χ1n) is 17.2. The Hall–Kier alpha value is -1.74. The second-order valence-electron chi connectivity index (χ2n) is 14.2. The molecule has 0 radical (unpaired) electrons. The molecule has 1 amide bonds. The molecule has 0 bridgehead atoms. The van der Waals surface area contributed by atoms with Crippen LogP contribution in [0.5, 0.6) is 0 Å². The van der Waals surface area contributed by atoms with Crippen molar-refractivity contribution in [2.24, 2.45) is 17.3 Å². The minimum Gasteiger partial charge on any atom is -0.477 e. The van der Waals surface area contributed by atoms with Crippen LogP contribution < -0.4 is 0 Å². The van der Waals surface area contributed by atoms with E-state index in [0.29, 0.717) is 30.9 Å². The number of aliphatic carboxylic acids is 1. The highest BCUT2D eigenvalue weighted by Gasteiger charge is 2.57. The van der Waals surface area contributed by atoms with E-state index in [4.69, 9.17) is 9.16 Å². The lowest BCUT2D eigenvalue weighted by molar-refractivity contribution is -0.158. The number of carbonyl (C=O) groups excluding carboxylic acids is 2. The number of amides is 1. The van der Waals surface area contributed by atoms with Gasteiger partial charge in [0.25, 0.3) is 0 Å². The SMILES string of the molecule is CCCCP(CCCC)(CCCC)=C(C(=O)O)N1C(=O)[C@@H]([C@@H](CO[SiH](C)C)C(C)(C)C)[C@H]1CC(=O)c1cc(C)n(CCOC)n1. The number of ether oxygens (including phenoxy) is 1. The quantitative estimate of drug-likeness (QED) is 0.0687. The zero-order chi connectivity index (χ0) is 33.9. The lowest BCUT2D eigenvalue weighted by Crippen LogP contribution is -2.68. The molecule has 1 aromatic rings. The topological polar surface area (TPSA) is 111 Å². The van der Waals surface area contributed by atoms with Crippen molar-refractivity contribution in [1.29, 1.82) is 0 Å². The van der Waals surface area contributed by atoms with E-state index in [9.17, 15) is 19.5 Å². The summed E-state index contributed by atoms with van der Waals surface area (Å²) >= 11 is 0. The molecular formula is C34H62N3O6PSi. The number of rotatable bonds is 21. The summed E-state index contributed by atoms with van der Waals surface area (Å²) in [4.78, 5) is 43.5. The molecule has 1 saturated heterocycles. The van der Waals surface area contributed by atoms with Crippen LogP contribution in [0, 0.1) is 24.2 Å².